The molecule has 1 aliphatic heterocycles. The Hall–Kier alpha value is -3.73. The van der Waals surface area contributed by atoms with Crippen LogP contribution in [0.4, 0.5) is 5.95 Å². The molecule has 2 heterocycles. The number of esters is 1. The van der Waals surface area contributed by atoms with Gasteiger partial charge in [0.15, 0.2) is 11.5 Å². The summed E-state index contributed by atoms with van der Waals surface area (Å²) in [5.74, 6) is 1.71. The Kier molecular flexibility index (Phi) is 9.56. The first-order valence-electron chi connectivity index (χ1n) is 13.0. The number of methoxy groups -OCH3 is 1. The number of thioether (sulfide) groups is 1. The maximum Gasteiger partial charge on any atom is 0.338 e. The van der Waals surface area contributed by atoms with Crippen molar-refractivity contribution >= 4 is 51.2 Å². The second-order valence-electron chi connectivity index (χ2n) is 9.32. The minimum atomic E-state index is -0.629. The molecule has 42 heavy (non-hydrogen) atoms. The molecule has 216 valence electrons. The zero-order valence-electron chi connectivity index (χ0n) is 23.0. The summed E-state index contributed by atoms with van der Waals surface area (Å²) < 4.78 is 20.0. The first-order valence-corrected chi connectivity index (χ1v) is 15.2. The molecule has 0 spiro atoms. The molecule has 0 bridgehead atoms. The minimum absolute atomic E-state index is 0.0810. The number of nitrogens with zero attached hydrogens (tertiary/aromatic N) is 3. The summed E-state index contributed by atoms with van der Waals surface area (Å²) in [5.41, 5.74) is 3.77. The van der Waals surface area contributed by atoms with Gasteiger partial charge in [-0.15, -0.1) is 5.10 Å². The van der Waals surface area contributed by atoms with E-state index in [0.717, 1.165) is 21.2 Å². The van der Waals surface area contributed by atoms with Crippen molar-refractivity contribution in [2.75, 3.05) is 19.0 Å². The fraction of sp³-hybridized carbons (Fsp3) is 0.194. The molecule has 4 aromatic rings. The predicted molar refractivity (Wildman–Crippen MR) is 168 cm³/mol. The van der Waals surface area contributed by atoms with Crippen LogP contribution in [0.1, 0.15) is 29.7 Å². The van der Waals surface area contributed by atoms with Crippen LogP contribution in [0, 0.1) is 0 Å². The summed E-state index contributed by atoms with van der Waals surface area (Å²) in [7, 11) is 1.58. The summed E-state index contributed by atoms with van der Waals surface area (Å²) in [6, 6.07) is 20.5. The fourth-order valence-corrected chi connectivity index (χ4v) is 5.83. The van der Waals surface area contributed by atoms with Crippen LogP contribution in [0.2, 0.25) is 5.02 Å². The predicted octanol–water partition coefficient (Wildman–Crippen LogP) is 7.59. The van der Waals surface area contributed by atoms with Gasteiger partial charge in [-0.1, -0.05) is 88.3 Å². The normalized spacial score (nSPS) is 14.1. The van der Waals surface area contributed by atoms with E-state index in [1.165, 1.54) is 17.8 Å². The van der Waals surface area contributed by atoms with Gasteiger partial charge in [0.25, 0.3) is 0 Å². The Morgan fingerprint density at radius 2 is 1.95 bits per heavy atom. The average Bonchev–Trinajstić information content (AvgIpc) is 3.40. The van der Waals surface area contributed by atoms with Crippen LogP contribution in [-0.4, -0.2) is 34.5 Å². The van der Waals surface area contributed by atoms with E-state index >= 15 is 0 Å². The van der Waals surface area contributed by atoms with E-state index in [9.17, 15) is 4.79 Å². The Bertz CT molecular complexity index is 1640. The maximum atomic E-state index is 13.3. The van der Waals surface area contributed by atoms with Gasteiger partial charge < -0.3 is 19.5 Å². The standard InChI is InChI=1S/C31H28BrClN4O4S/c1-4-15-40-29(38)27-19(2)34-30-35-31(42-18-22-7-5-6-8-24(22)33)36-37(30)28(27)21-11-14-25(26(16-21)39-3)41-17-20-9-12-23(32)13-10-20/h4-14,16,28H,1,15,17-18H2,2-3H3,(H,34,35,36). The second kappa shape index (κ2) is 13.5. The molecule has 0 radical (unpaired) electrons. The molecule has 0 saturated carbocycles. The lowest BCUT2D eigenvalue weighted by atomic mass is 9.95. The number of aromatic nitrogens is 3. The molecule has 1 atom stereocenters. The highest BCUT2D eigenvalue weighted by Gasteiger charge is 2.35. The van der Waals surface area contributed by atoms with Gasteiger partial charge in [0, 0.05) is 20.9 Å². The van der Waals surface area contributed by atoms with Gasteiger partial charge >= 0.3 is 5.97 Å². The molecule has 8 nitrogen and oxygen atoms in total. The molecule has 5 rings (SSSR count). The number of hydrogen-bond acceptors (Lipinski definition) is 8. The number of fused-ring (bicyclic) bond motifs is 1. The van der Waals surface area contributed by atoms with Crippen LogP contribution in [0.5, 0.6) is 11.5 Å². The Balaban J connectivity index is 1.47. The van der Waals surface area contributed by atoms with Gasteiger partial charge in [-0.05, 0) is 53.9 Å². The lowest BCUT2D eigenvalue weighted by molar-refractivity contribution is -0.138. The molecule has 1 aromatic heterocycles. The van der Waals surface area contributed by atoms with E-state index in [2.05, 4.69) is 27.8 Å². The van der Waals surface area contributed by atoms with Crippen molar-refractivity contribution in [3.05, 3.63) is 117 Å². The van der Waals surface area contributed by atoms with Gasteiger partial charge in [0.1, 0.15) is 19.3 Å². The fourth-order valence-electron chi connectivity index (χ4n) is 4.45. The third kappa shape index (κ3) is 6.67. The van der Waals surface area contributed by atoms with E-state index in [4.69, 9.17) is 35.9 Å². The zero-order valence-corrected chi connectivity index (χ0v) is 26.1. The van der Waals surface area contributed by atoms with Gasteiger partial charge in [-0.3, -0.25) is 0 Å². The van der Waals surface area contributed by atoms with Crippen LogP contribution in [-0.2, 0) is 21.9 Å². The third-order valence-corrected chi connectivity index (χ3v) is 8.29. The summed E-state index contributed by atoms with van der Waals surface area (Å²) in [4.78, 5) is 18.0. The molecule has 0 fully saturated rings. The number of halogens is 2. The van der Waals surface area contributed by atoms with Gasteiger partial charge in [0.05, 0.1) is 12.7 Å². The SMILES string of the molecule is C=CCOC(=O)C1=C(C)Nc2nc(SCc3ccccc3Cl)nn2C1c1ccc(OCc2ccc(Br)cc2)c(OC)c1. The highest BCUT2D eigenvalue weighted by atomic mass is 79.9. The number of nitrogens with one attached hydrogen (secondary N) is 1. The van der Waals surface area contributed by atoms with Crippen LogP contribution in [0.15, 0.2) is 100 Å². The average molecular weight is 668 g/mol. The zero-order chi connectivity index (χ0) is 29.6. The number of anilines is 1. The topological polar surface area (TPSA) is 87.5 Å². The lowest BCUT2D eigenvalue weighted by Gasteiger charge is -2.28. The minimum Gasteiger partial charge on any atom is -0.493 e. The summed E-state index contributed by atoms with van der Waals surface area (Å²) in [6.45, 7) is 5.93. The molecular weight excluding hydrogens is 640 g/mol. The smallest absolute Gasteiger partial charge is 0.338 e. The largest absolute Gasteiger partial charge is 0.493 e. The van der Waals surface area contributed by atoms with Crippen LogP contribution in [0.25, 0.3) is 0 Å². The molecule has 1 aliphatic rings. The third-order valence-electron chi connectivity index (χ3n) is 6.51. The summed E-state index contributed by atoms with van der Waals surface area (Å²) >= 11 is 11.3. The van der Waals surface area contributed by atoms with Crippen molar-refractivity contribution in [1.82, 2.24) is 14.8 Å². The van der Waals surface area contributed by atoms with E-state index in [1.807, 2.05) is 73.7 Å². The first-order chi connectivity index (χ1) is 20.4. The number of ether oxygens (including phenoxy) is 3. The van der Waals surface area contributed by atoms with E-state index < -0.39 is 12.0 Å². The van der Waals surface area contributed by atoms with E-state index in [1.54, 1.807) is 11.8 Å². The highest BCUT2D eigenvalue weighted by molar-refractivity contribution is 9.10. The van der Waals surface area contributed by atoms with Crippen molar-refractivity contribution in [1.29, 1.82) is 0 Å². The molecule has 1 unspecified atom stereocenters. The van der Waals surface area contributed by atoms with Crippen LogP contribution < -0.4 is 14.8 Å². The van der Waals surface area contributed by atoms with E-state index in [0.29, 0.717) is 51.3 Å². The molecule has 3 aromatic carbocycles. The van der Waals surface area contributed by atoms with Crippen LogP contribution >= 0.6 is 39.3 Å². The molecule has 1 N–H and O–H groups in total. The Labute approximate surface area is 261 Å². The van der Waals surface area contributed by atoms with Crippen molar-refractivity contribution in [3.8, 4) is 11.5 Å². The van der Waals surface area contributed by atoms with Gasteiger partial charge in [-0.25, -0.2) is 9.48 Å². The van der Waals surface area contributed by atoms with Crippen LogP contribution in [0.3, 0.4) is 0 Å². The highest BCUT2D eigenvalue weighted by Crippen LogP contribution is 2.40. The number of carbonyl (C=O) groups excluding carboxylic acids is 1. The lowest BCUT2D eigenvalue weighted by Crippen LogP contribution is -2.29. The Morgan fingerprint density at radius 1 is 1.17 bits per heavy atom. The first kappa shape index (κ1) is 29.8. The van der Waals surface area contributed by atoms with E-state index in [-0.39, 0.29) is 6.61 Å². The Morgan fingerprint density at radius 3 is 2.69 bits per heavy atom. The quantitative estimate of drug-likeness (QED) is 0.0995. The summed E-state index contributed by atoms with van der Waals surface area (Å²) in [6.07, 6.45) is 1.53. The number of allylic oxidation sites excluding steroid dienone is 1. The summed E-state index contributed by atoms with van der Waals surface area (Å²) in [5, 5.41) is 9.23. The van der Waals surface area contributed by atoms with Gasteiger partial charge in [-0.2, -0.15) is 4.98 Å². The van der Waals surface area contributed by atoms with Crippen molar-refractivity contribution < 1.29 is 19.0 Å². The molecule has 0 saturated heterocycles. The number of hydrogen-bond donors (Lipinski definition) is 1. The number of benzene rings is 3. The number of rotatable bonds is 11. The maximum absolute atomic E-state index is 13.3. The molecule has 0 aliphatic carbocycles. The molecule has 11 heteroatoms. The van der Waals surface area contributed by atoms with Crippen molar-refractivity contribution in [2.45, 2.75) is 30.5 Å². The van der Waals surface area contributed by atoms with Crippen molar-refractivity contribution in [2.24, 2.45) is 0 Å². The number of carbonyl (C=O) groups is 1. The monoisotopic (exact) mass is 666 g/mol. The second-order valence-corrected chi connectivity index (χ2v) is 11.6. The van der Waals surface area contributed by atoms with Gasteiger partial charge in [0.2, 0.25) is 11.1 Å². The molecular formula is C31H28BrClN4O4S. The van der Waals surface area contributed by atoms with Crippen molar-refractivity contribution in [3.63, 3.8) is 0 Å². The molecule has 0 amide bonds.